The van der Waals surface area contributed by atoms with Gasteiger partial charge in [-0.2, -0.15) is 0 Å². The average Bonchev–Trinajstić information content (AvgIpc) is 2.05. The van der Waals surface area contributed by atoms with Gasteiger partial charge in [-0.3, -0.25) is 0 Å². The van der Waals surface area contributed by atoms with E-state index in [1.54, 1.807) is 13.2 Å². The van der Waals surface area contributed by atoms with Gasteiger partial charge >= 0.3 is 0 Å². The van der Waals surface area contributed by atoms with Crippen LogP contribution in [0.4, 0.5) is 5.69 Å². The Hall–Kier alpha value is -1.22. The summed E-state index contributed by atoms with van der Waals surface area (Å²) in [5, 5.41) is 0. The molecule has 1 aromatic rings. The van der Waals surface area contributed by atoms with E-state index in [-0.39, 0.29) is 6.04 Å². The van der Waals surface area contributed by atoms with Gasteiger partial charge in [0.05, 0.1) is 7.11 Å². The van der Waals surface area contributed by atoms with Crippen molar-refractivity contribution in [3.8, 4) is 5.75 Å². The van der Waals surface area contributed by atoms with E-state index in [4.69, 9.17) is 16.2 Å². The van der Waals surface area contributed by atoms with Crippen molar-refractivity contribution >= 4 is 5.69 Å². The summed E-state index contributed by atoms with van der Waals surface area (Å²) in [5.41, 5.74) is 13.1. The third-order valence-electron chi connectivity index (χ3n) is 1.78. The lowest BCUT2D eigenvalue weighted by Gasteiger charge is -2.10. The number of methoxy groups -OCH3 is 1. The molecule has 0 aliphatic carbocycles. The molecule has 0 heterocycles. The minimum Gasteiger partial charge on any atom is -0.497 e. The van der Waals surface area contributed by atoms with E-state index in [1.165, 1.54) is 0 Å². The van der Waals surface area contributed by atoms with Gasteiger partial charge in [0, 0.05) is 11.7 Å². The Labute approximate surface area is 72.3 Å². The molecule has 0 fully saturated rings. The molecule has 1 unspecified atom stereocenters. The average molecular weight is 166 g/mol. The Bertz CT molecular complexity index is 271. The monoisotopic (exact) mass is 166 g/mol. The van der Waals surface area contributed by atoms with Crippen LogP contribution in [0.3, 0.4) is 0 Å². The quantitative estimate of drug-likeness (QED) is 0.651. The number of nitrogen functional groups attached to an aromatic ring is 1. The molecule has 0 saturated carbocycles. The first-order chi connectivity index (χ1) is 5.65. The van der Waals surface area contributed by atoms with Gasteiger partial charge in [-0.1, -0.05) is 0 Å². The summed E-state index contributed by atoms with van der Waals surface area (Å²) >= 11 is 0. The van der Waals surface area contributed by atoms with Crippen LogP contribution in [0.25, 0.3) is 0 Å². The molecule has 4 N–H and O–H groups in total. The van der Waals surface area contributed by atoms with Gasteiger partial charge in [0.1, 0.15) is 5.75 Å². The van der Waals surface area contributed by atoms with Crippen LogP contribution in [0.15, 0.2) is 18.2 Å². The molecule has 1 rings (SSSR count). The lowest BCUT2D eigenvalue weighted by molar-refractivity contribution is 0.414. The summed E-state index contributed by atoms with van der Waals surface area (Å²) in [4.78, 5) is 0. The number of benzene rings is 1. The normalized spacial score (nSPS) is 12.6. The highest BCUT2D eigenvalue weighted by atomic mass is 16.5. The fourth-order valence-electron chi connectivity index (χ4n) is 1.07. The zero-order chi connectivity index (χ0) is 9.14. The molecular weight excluding hydrogens is 152 g/mol. The zero-order valence-corrected chi connectivity index (χ0v) is 7.37. The smallest absolute Gasteiger partial charge is 0.119 e. The molecule has 0 aliphatic rings. The zero-order valence-electron chi connectivity index (χ0n) is 7.37. The lowest BCUT2D eigenvalue weighted by atomic mass is 10.1. The molecule has 12 heavy (non-hydrogen) atoms. The highest BCUT2D eigenvalue weighted by Crippen LogP contribution is 2.23. The summed E-state index contributed by atoms with van der Waals surface area (Å²) in [6.07, 6.45) is 0. The Kier molecular flexibility index (Phi) is 2.55. The number of nitrogens with two attached hydrogens (primary N) is 2. The van der Waals surface area contributed by atoms with E-state index in [9.17, 15) is 0 Å². The van der Waals surface area contributed by atoms with Crippen LogP contribution in [-0.4, -0.2) is 7.11 Å². The minimum absolute atomic E-state index is 0.0555. The van der Waals surface area contributed by atoms with Gasteiger partial charge in [0.25, 0.3) is 0 Å². The predicted octanol–water partition coefficient (Wildman–Crippen LogP) is 1.30. The van der Waals surface area contributed by atoms with Gasteiger partial charge < -0.3 is 16.2 Å². The van der Waals surface area contributed by atoms with Crippen molar-refractivity contribution in [3.63, 3.8) is 0 Å². The number of anilines is 1. The Morgan fingerprint density at radius 2 is 2.08 bits per heavy atom. The van der Waals surface area contributed by atoms with Gasteiger partial charge in [-0.25, -0.2) is 0 Å². The number of ether oxygens (including phenoxy) is 1. The van der Waals surface area contributed by atoms with Crippen LogP contribution in [0.5, 0.6) is 5.75 Å². The first-order valence-corrected chi connectivity index (χ1v) is 3.84. The van der Waals surface area contributed by atoms with Gasteiger partial charge in [-0.05, 0) is 30.7 Å². The number of rotatable bonds is 2. The second-order valence-corrected chi connectivity index (χ2v) is 2.78. The highest BCUT2D eigenvalue weighted by Gasteiger charge is 2.04. The van der Waals surface area contributed by atoms with Crippen molar-refractivity contribution in [2.75, 3.05) is 12.8 Å². The second-order valence-electron chi connectivity index (χ2n) is 2.78. The SMILES string of the molecule is COc1ccc(N)c(C(C)N)c1. The van der Waals surface area contributed by atoms with Crippen LogP contribution in [0.2, 0.25) is 0 Å². The van der Waals surface area contributed by atoms with Crippen molar-refractivity contribution in [1.29, 1.82) is 0 Å². The Morgan fingerprint density at radius 1 is 1.42 bits per heavy atom. The van der Waals surface area contributed by atoms with Crippen LogP contribution in [0, 0.1) is 0 Å². The van der Waals surface area contributed by atoms with Crippen molar-refractivity contribution < 1.29 is 4.74 Å². The molecule has 0 aliphatic heterocycles. The fourth-order valence-corrected chi connectivity index (χ4v) is 1.07. The molecule has 66 valence electrons. The molecule has 0 saturated heterocycles. The molecular formula is C9H14N2O. The summed E-state index contributed by atoms with van der Waals surface area (Å²) in [6.45, 7) is 1.89. The van der Waals surface area contributed by atoms with Crippen LogP contribution >= 0.6 is 0 Å². The van der Waals surface area contributed by atoms with E-state index in [1.807, 2.05) is 19.1 Å². The van der Waals surface area contributed by atoms with E-state index < -0.39 is 0 Å². The van der Waals surface area contributed by atoms with Crippen LogP contribution in [-0.2, 0) is 0 Å². The van der Waals surface area contributed by atoms with Crippen molar-refractivity contribution in [2.45, 2.75) is 13.0 Å². The maximum absolute atomic E-state index is 5.71. The van der Waals surface area contributed by atoms with Crippen molar-refractivity contribution in [1.82, 2.24) is 0 Å². The third-order valence-corrected chi connectivity index (χ3v) is 1.78. The summed E-state index contributed by atoms with van der Waals surface area (Å²) < 4.78 is 5.05. The highest BCUT2D eigenvalue weighted by molar-refractivity contribution is 5.51. The minimum atomic E-state index is -0.0555. The molecule has 0 bridgehead atoms. The first kappa shape index (κ1) is 8.87. The van der Waals surface area contributed by atoms with Gasteiger partial charge in [0.15, 0.2) is 0 Å². The fraction of sp³-hybridized carbons (Fsp3) is 0.333. The molecule has 3 nitrogen and oxygen atoms in total. The molecule has 0 aromatic heterocycles. The van der Waals surface area contributed by atoms with E-state index in [2.05, 4.69) is 0 Å². The van der Waals surface area contributed by atoms with Crippen molar-refractivity contribution in [2.24, 2.45) is 5.73 Å². The third kappa shape index (κ3) is 1.68. The maximum atomic E-state index is 5.71. The summed E-state index contributed by atoms with van der Waals surface area (Å²) in [7, 11) is 1.62. The molecule has 0 spiro atoms. The van der Waals surface area contributed by atoms with Gasteiger partial charge in [-0.15, -0.1) is 0 Å². The summed E-state index contributed by atoms with van der Waals surface area (Å²) in [6, 6.07) is 5.43. The largest absolute Gasteiger partial charge is 0.497 e. The molecule has 1 atom stereocenters. The first-order valence-electron chi connectivity index (χ1n) is 3.84. The Morgan fingerprint density at radius 3 is 2.58 bits per heavy atom. The van der Waals surface area contributed by atoms with E-state index >= 15 is 0 Å². The second kappa shape index (κ2) is 3.45. The van der Waals surface area contributed by atoms with E-state index in [0.717, 1.165) is 11.3 Å². The molecule has 3 heteroatoms. The molecule has 0 amide bonds. The van der Waals surface area contributed by atoms with Crippen LogP contribution in [0.1, 0.15) is 18.5 Å². The number of hydrogen-bond donors (Lipinski definition) is 2. The summed E-state index contributed by atoms with van der Waals surface area (Å²) in [5.74, 6) is 0.788. The number of hydrogen-bond acceptors (Lipinski definition) is 3. The van der Waals surface area contributed by atoms with Crippen LogP contribution < -0.4 is 16.2 Å². The topological polar surface area (TPSA) is 61.3 Å². The van der Waals surface area contributed by atoms with Gasteiger partial charge in [0.2, 0.25) is 0 Å². The Balaban J connectivity index is 3.08. The maximum Gasteiger partial charge on any atom is 0.119 e. The standard InChI is InChI=1S/C9H14N2O/c1-6(10)8-5-7(12-2)3-4-9(8)11/h3-6H,10-11H2,1-2H3. The lowest BCUT2D eigenvalue weighted by Crippen LogP contribution is -2.08. The molecule has 1 aromatic carbocycles. The van der Waals surface area contributed by atoms with E-state index in [0.29, 0.717) is 5.69 Å². The van der Waals surface area contributed by atoms with Crippen molar-refractivity contribution in [3.05, 3.63) is 23.8 Å². The molecule has 0 radical (unpaired) electrons. The predicted molar refractivity (Wildman–Crippen MR) is 50.0 cm³/mol.